The lowest BCUT2D eigenvalue weighted by atomic mass is 10.0. The van der Waals surface area contributed by atoms with Gasteiger partial charge in [-0.2, -0.15) is 26.8 Å². The molecule has 0 aliphatic carbocycles. The van der Waals surface area contributed by atoms with Crippen molar-refractivity contribution < 1.29 is 0 Å². The van der Waals surface area contributed by atoms with Crippen molar-refractivity contribution in [1.82, 2.24) is 20.2 Å². The molecule has 0 fully saturated rings. The number of H-pyrrole nitrogens is 1. The van der Waals surface area contributed by atoms with Crippen LogP contribution < -0.4 is 16.6 Å². The number of fused-ring (bicyclic) bond motifs is 1. The van der Waals surface area contributed by atoms with Crippen LogP contribution in [0.25, 0.3) is 11.0 Å². The van der Waals surface area contributed by atoms with Crippen molar-refractivity contribution in [1.29, 1.82) is 0 Å². The molecule has 110 valence electrons. The molecule has 0 aromatic carbocycles. The van der Waals surface area contributed by atoms with E-state index in [1.54, 1.807) is 6.20 Å². The molecule has 0 radical (unpaired) electrons. The summed E-state index contributed by atoms with van der Waals surface area (Å²) in [5, 5.41) is 11.1. The average Bonchev–Trinajstić information content (AvgIpc) is 2.97. The maximum atomic E-state index is 5.40. The largest absolute Gasteiger partial charge is 0.368 e. The third-order valence-corrected chi connectivity index (χ3v) is 5.33. The molecule has 2 heterocycles. The highest BCUT2D eigenvalue weighted by atomic mass is 32.2. The van der Waals surface area contributed by atoms with Crippen LogP contribution in [0.1, 0.15) is 26.7 Å². The van der Waals surface area contributed by atoms with Crippen LogP contribution in [0.4, 0.5) is 11.8 Å². The van der Waals surface area contributed by atoms with E-state index in [4.69, 9.17) is 5.84 Å². The first-order valence-corrected chi connectivity index (χ1v) is 7.87. The molecular formula is C12H21N7S. The van der Waals surface area contributed by atoms with Gasteiger partial charge in [-0.1, -0.05) is 13.8 Å². The number of hydrazine groups is 1. The molecule has 2 aromatic heterocycles. The van der Waals surface area contributed by atoms with Gasteiger partial charge in [0.15, 0.2) is 5.65 Å². The molecule has 0 saturated heterocycles. The monoisotopic (exact) mass is 295 g/mol. The number of nitrogens with zero attached hydrogens (tertiary/aromatic N) is 3. The molecule has 20 heavy (non-hydrogen) atoms. The molecule has 2 rings (SSSR count). The normalized spacial score (nSPS) is 11.8. The fraction of sp³-hybridized carbons (Fsp3) is 0.583. The molecule has 0 unspecified atom stereocenters. The van der Waals surface area contributed by atoms with Crippen molar-refractivity contribution in [2.45, 2.75) is 31.4 Å². The Balaban J connectivity index is 2.26. The Kier molecular flexibility index (Phi) is 4.66. The molecular weight excluding hydrogens is 274 g/mol. The lowest BCUT2D eigenvalue weighted by Gasteiger charge is -2.30. The third kappa shape index (κ3) is 2.80. The number of nitrogens with one attached hydrogen (secondary N) is 3. The summed E-state index contributed by atoms with van der Waals surface area (Å²) in [6.07, 6.45) is 6.06. The highest BCUT2D eigenvalue weighted by Gasteiger charge is 2.25. The number of anilines is 2. The highest BCUT2D eigenvalue weighted by Crippen LogP contribution is 2.31. The van der Waals surface area contributed by atoms with E-state index < -0.39 is 0 Å². The number of aromatic nitrogens is 4. The summed E-state index contributed by atoms with van der Waals surface area (Å²) in [6, 6.07) is 0. The number of hydrogen-bond acceptors (Lipinski definition) is 7. The van der Waals surface area contributed by atoms with E-state index in [1.807, 2.05) is 11.8 Å². The second kappa shape index (κ2) is 6.27. The summed E-state index contributed by atoms with van der Waals surface area (Å²) in [5.74, 6) is 6.51. The minimum Gasteiger partial charge on any atom is -0.368 e. The molecule has 0 aliphatic rings. The Morgan fingerprint density at radius 2 is 2.10 bits per heavy atom. The summed E-state index contributed by atoms with van der Waals surface area (Å²) in [6.45, 7) is 5.26. The van der Waals surface area contributed by atoms with Crippen molar-refractivity contribution in [2.24, 2.45) is 5.84 Å². The van der Waals surface area contributed by atoms with Crippen LogP contribution >= 0.6 is 11.8 Å². The summed E-state index contributed by atoms with van der Waals surface area (Å²) in [7, 11) is 0. The first kappa shape index (κ1) is 14.9. The fourth-order valence-corrected chi connectivity index (χ4v) is 2.93. The molecule has 2 aromatic rings. The Morgan fingerprint density at radius 1 is 1.35 bits per heavy atom. The SMILES string of the molecule is CCC(CC)(CNc1nc(NN)nc2[nH]ncc12)SC. The van der Waals surface area contributed by atoms with Crippen molar-refractivity contribution in [3.05, 3.63) is 6.20 Å². The third-order valence-electron chi connectivity index (χ3n) is 3.74. The Hall–Kier alpha value is -1.54. The Morgan fingerprint density at radius 3 is 2.70 bits per heavy atom. The van der Waals surface area contributed by atoms with Gasteiger partial charge >= 0.3 is 0 Å². The molecule has 7 nitrogen and oxygen atoms in total. The first-order chi connectivity index (χ1) is 9.68. The molecule has 0 spiro atoms. The topological polar surface area (TPSA) is 105 Å². The highest BCUT2D eigenvalue weighted by molar-refractivity contribution is 8.00. The lowest BCUT2D eigenvalue weighted by molar-refractivity contribution is 0.574. The second-order valence-corrected chi connectivity index (χ2v) is 5.89. The predicted octanol–water partition coefficient (Wildman–Crippen LogP) is 1.97. The van der Waals surface area contributed by atoms with Gasteiger partial charge < -0.3 is 5.32 Å². The van der Waals surface area contributed by atoms with Gasteiger partial charge in [-0.25, -0.2) is 5.84 Å². The van der Waals surface area contributed by atoms with E-state index in [2.05, 4.69) is 51.0 Å². The van der Waals surface area contributed by atoms with Crippen molar-refractivity contribution in [3.63, 3.8) is 0 Å². The Bertz CT molecular complexity index is 556. The average molecular weight is 295 g/mol. The van der Waals surface area contributed by atoms with Crippen LogP contribution in [0.3, 0.4) is 0 Å². The van der Waals surface area contributed by atoms with Crippen molar-refractivity contribution >= 4 is 34.6 Å². The number of nitrogens with two attached hydrogens (primary N) is 1. The van der Waals surface area contributed by atoms with Gasteiger partial charge in [-0.15, -0.1) is 0 Å². The van der Waals surface area contributed by atoms with Crippen LogP contribution in [0, 0.1) is 0 Å². The molecule has 0 bridgehead atoms. The van der Waals surface area contributed by atoms with Gasteiger partial charge in [0, 0.05) is 11.3 Å². The molecule has 0 atom stereocenters. The van der Waals surface area contributed by atoms with Crippen molar-refractivity contribution in [2.75, 3.05) is 23.5 Å². The van der Waals surface area contributed by atoms with Gasteiger partial charge in [0.05, 0.1) is 11.6 Å². The van der Waals surface area contributed by atoms with Gasteiger partial charge in [-0.3, -0.25) is 10.5 Å². The molecule has 8 heteroatoms. The molecule has 0 saturated carbocycles. The van der Waals surface area contributed by atoms with Crippen LogP contribution in [0.2, 0.25) is 0 Å². The second-order valence-electron chi connectivity index (χ2n) is 4.62. The van der Waals surface area contributed by atoms with Crippen molar-refractivity contribution in [3.8, 4) is 0 Å². The summed E-state index contributed by atoms with van der Waals surface area (Å²) >= 11 is 1.88. The predicted molar refractivity (Wildman–Crippen MR) is 84.8 cm³/mol. The number of aromatic amines is 1. The zero-order valence-electron chi connectivity index (χ0n) is 12.0. The van der Waals surface area contributed by atoms with E-state index in [9.17, 15) is 0 Å². The van der Waals surface area contributed by atoms with E-state index in [0.717, 1.165) is 30.6 Å². The van der Waals surface area contributed by atoms with E-state index in [-0.39, 0.29) is 4.75 Å². The van der Waals surface area contributed by atoms with Gasteiger partial charge in [0.25, 0.3) is 0 Å². The number of thioether (sulfide) groups is 1. The molecule has 5 N–H and O–H groups in total. The van der Waals surface area contributed by atoms with E-state index >= 15 is 0 Å². The Labute approximate surface area is 122 Å². The zero-order chi connectivity index (χ0) is 14.6. The van der Waals surface area contributed by atoms with Crippen LogP contribution in [-0.4, -0.2) is 37.7 Å². The van der Waals surface area contributed by atoms with Gasteiger partial charge in [0.2, 0.25) is 5.95 Å². The standard InChI is InChI=1S/C12H21N7S/c1-4-12(5-2,20-3)7-14-9-8-6-15-19-10(8)17-11(16-9)18-13/h6H,4-5,7,13H2,1-3H3,(H3,14,15,16,17,18,19). The number of hydrogen-bond donors (Lipinski definition) is 4. The van der Waals surface area contributed by atoms with Crippen LogP contribution in [-0.2, 0) is 0 Å². The summed E-state index contributed by atoms with van der Waals surface area (Å²) in [4.78, 5) is 8.58. The van der Waals surface area contributed by atoms with Crippen LogP contribution in [0.5, 0.6) is 0 Å². The van der Waals surface area contributed by atoms with Gasteiger partial charge in [0.1, 0.15) is 5.82 Å². The maximum Gasteiger partial charge on any atom is 0.241 e. The molecule has 0 aliphatic heterocycles. The smallest absolute Gasteiger partial charge is 0.241 e. The van der Waals surface area contributed by atoms with Gasteiger partial charge in [-0.05, 0) is 19.1 Å². The summed E-state index contributed by atoms with van der Waals surface area (Å²) < 4.78 is 0.206. The first-order valence-electron chi connectivity index (χ1n) is 6.64. The quantitative estimate of drug-likeness (QED) is 0.457. The number of nitrogen functional groups attached to an aromatic ring is 1. The van der Waals surface area contributed by atoms with E-state index in [1.165, 1.54) is 0 Å². The van der Waals surface area contributed by atoms with E-state index in [0.29, 0.717) is 11.6 Å². The zero-order valence-corrected chi connectivity index (χ0v) is 12.8. The fourth-order valence-electron chi connectivity index (χ4n) is 2.14. The lowest BCUT2D eigenvalue weighted by Crippen LogP contribution is -2.32. The minimum atomic E-state index is 0.206. The number of rotatable bonds is 7. The summed E-state index contributed by atoms with van der Waals surface area (Å²) in [5.41, 5.74) is 3.14. The molecule has 0 amide bonds. The van der Waals surface area contributed by atoms with Crippen LogP contribution in [0.15, 0.2) is 6.20 Å². The minimum absolute atomic E-state index is 0.206. The maximum absolute atomic E-state index is 5.40.